The van der Waals surface area contributed by atoms with Gasteiger partial charge in [-0.25, -0.2) is 4.98 Å². The molecule has 182 valence electrons. The maximum atomic E-state index is 12.9. The fourth-order valence-corrected chi connectivity index (χ4v) is 4.71. The van der Waals surface area contributed by atoms with E-state index in [1.165, 1.54) is 38.5 Å². The molecule has 0 bridgehead atoms. The van der Waals surface area contributed by atoms with E-state index in [9.17, 15) is 4.79 Å². The second-order valence-electron chi connectivity index (χ2n) is 9.37. The van der Waals surface area contributed by atoms with Crippen LogP contribution >= 0.6 is 0 Å². The van der Waals surface area contributed by atoms with E-state index in [4.69, 9.17) is 15.5 Å². The third kappa shape index (κ3) is 7.13. The van der Waals surface area contributed by atoms with Crippen molar-refractivity contribution in [3.05, 3.63) is 35.4 Å². The maximum absolute atomic E-state index is 12.9. The lowest BCUT2D eigenvalue weighted by Gasteiger charge is -2.30. The van der Waals surface area contributed by atoms with Crippen LogP contribution in [0, 0.1) is 6.92 Å². The normalized spacial score (nSPS) is 17.8. The van der Waals surface area contributed by atoms with Gasteiger partial charge in [0, 0.05) is 31.1 Å². The highest BCUT2D eigenvalue weighted by molar-refractivity contribution is 6.02. The molecule has 1 aromatic carbocycles. The van der Waals surface area contributed by atoms with Crippen LogP contribution in [0.2, 0.25) is 0 Å². The molecular formula is C26H41N5O2. The second-order valence-corrected chi connectivity index (χ2v) is 9.37. The summed E-state index contributed by atoms with van der Waals surface area (Å²) in [7, 11) is 1.75. The second kappa shape index (κ2) is 12.3. The number of nitrogens with one attached hydrogen (secondary N) is 3. The van der Waals surface area contributed by atoms with Gasteiger partial charge in [-0.3, -0.25) is 4.79 Å². The number of carbonyl (C=O) groups is 1. The van der Waals surface area contributed by atoms with Gasteiger partial charge in [-0.05, 0) is 51.3 Å². The topological polar surface area (TPSA) is 101 Å². The van der Waals surface area contributed by atoms with Crippen LogP contribution in [0.3, 0.4) is 0 Å². The van der Waals surface area contributed by atoms with Gasteiger partial charge >= 0.3 is 0 Å². The largest absolute Gasteiger partial charge is 0.378 e. The highest BCUT2D eigenvalue weighted by Gasteiger charge is 2.24. The Morgan fingerprint density at radius 2 is 1.94 bits per heavy atom. The first-order valence-corrected chi connectivity index (χ1v) is 12.4. The average Bonchev–Trinajstić information content (AvgIpc) is 3.06. The molecule has 1 aromatic heterocycles. The molecule has 0 radical (unpaired) electrons. The zero-order valence-corrected chi connectivity index (χ0v) is 20.6. The van der Waals surface area contributed by atoms with Gasteiger partial charge in [0.05, 0.1) is 23.3 Å². The first-order valence-electron chi connectivity index (χ1n) is 12.4. The van der Waals surface area contributed by atoms with Crippen LogP contribution in [-0.2, 0) is 4.74 Å². The SMILES string of the molecule is CCC(NC1CCCCCC1)C(CNc1nc2ccc(C)cc2cc1C(=O)NC(C)N)OC. The van der Waals surface area contributed by atoms with E-state index in [0.29, 0.717) is 24.0 Å². The molecule has 3 rings (SSSR count). The summed E-state index contributed by atoms with van der Waals surface area (Å²) < 4.78 is 5.89. The van der Waals surface area contributed by atoms with Crippen LogP contribution in [0.4, 0.5) is 5.82 Å². The van der Waals surface area contributed by atoms with Crippen LogP contribution in [0.25, 0.3) is 10.9 Å². The van der Waals surface area contributed by atoms with E-state index in [-0.39, 0.29) is 18.1 Å². The third-order valence-corrected chi connectivity index (χ3v) is 6.54. The Morgan fingerprint density at radius 3 is 2.58 bits per heavy atom. The predicted octanol–water partition coefficient (Wildman–Crippen LogP) is 4.10. The van der Waals surface area contributed by atoms with Crippen molar-refractivity contribution in [3.8, 4) is 0 Å². The van der Waals surface area contributed by atoms with Crippen molar-refractivity contribution >= 4 is 22.6 Å². The quantitative estimate of drug-likeness (QED) is 0.318. The summed E-state index contributed by atoms with van der Waals surface area (Å²) >= 11 is 0. The number of aromatic nitrogens is 1. The van der Waals surface area contributed by atoms with Gasteiger partial charge in [0.2, 0.25) is 0 Å². The number of methoxy groups -OCH3 is 1. The van der Waals surface area contributed by atoms with Crippen molar-refractivity contribution in [2.75, 3.05) is 19.0 Å². The summed E-state index contributed by atoms with van der Waals surface area (Å²) in [5, 5.41) is 11.0. The number of nitrogens with two attached hydrogens (primary N) is 1. The molecular weight excluding hydrogens is 414 g/mol. The molecule has 3 atom stereocenters. The van der Waals surface area contributed by atoms with Gasteiger partial charge in [0.25, 0.3) is 5.91 Å². The molecule has 0 aliphatic heterocycles. The standard InChI is InChI=1S/C26H41N5O2/c1-5-22(30-20-10-8-6-7-9-11-20)24(33-4)16-28-25-21(26(32)29-18(3)27)15-19-14-17(2)12-13-23(19)31-25/h12-15,18,20,22,24,30H,5-11,16,27H2,1-4H3,(H,28,31)(H,29,32). The molecule has 0 spiro atoms. The molecule has 3 unspecified atom stereocenters. The average molecular weight is 456 g/mol. The van der Waals surface area contributed by atoms with Gasteiger partial charge in [0.15, 0.2) is 0 Å². The van der Waals surface area contributed by atoms with Crippen molar-refractivity contribution in [2.24, 2.45) is 5.73 Å². The van der Waals surface area contributed by atoms with Crippen LogP contribution in [0.5, 0.6) is 0 Å². The summed E-state index contributed by atoms with van der Waals surface area (Å²) in [6.07, 6.45) is 8.20. The van der Waals surface area contributed by atoms with E-state index in [1.807, 2.05) is 31.2 Å². The van der Waals surface area contributed by atoms with Crippen molar-refractivity contribution in [1.82, 2.24) is 15.6 Å². The summed E-state index contributed by atoms with van der Waals surface area (Å²) in [6.45, 7) is 6.52. The zero-order valence-electron chi connectivity index (χ0n) is 20.6. The lowest BCUT2D eigenvalue weighted by molar-refractivity contribution is 0.0712. The number of rotatable bonds is 10. The smallest absolute Gasteiger partial charge is 0.256 e. The number of hydrogen-bond acceptors (Lipinski definition) is 6. The molecule has 2 aromatic rings. The number of benzene rings is 1. The molecule has 7 nitrogen and oxygen atoms in total. The number of nitrogens with zero attached hydrogens (tertiary/aromatic N) is 1. The van der Waals surface area contributed by atoms with E-state index in [0.717, 1.165) is 22.9 Å². The number of ether oxygens (including phenoxy) is 1. The van der Waals surface area contributed by atoms with Crippen LogP contribution in [-0.4, -0.2) is 48.9 Å². The zero-order chi connectivity index (χ0) is 23.8. The molecule has 7 heteroatoms. The molecule has 1 amide bonds. The fraction of sp³-hybridized carbons (Fsp3) is 0.615. The van der Waals surface area contributed by atoms with Gasteiger partial charge < -0.3 is 26.4 Å². The van der Waals surface area contributed by atoms with Gasteiger partial charge in [-0.2, -0.15) is 0 Å². The number of pyridine rings is 1. The minimum Gasteiger partial charge on any atom is -0.378 e. The number of hydrogen-bond donors (Lipinski definition) is 4. The number of amides is 1. The molecule has 5 N–H and O–H groups in total. The molecule has 1 saturated carbocycles. The number of carbonyl (C=O) groups excluding carboxylic acids is 1. The minimum absolute atomic E-state index is 0.0434. The monoisotopic (exact) mass is 455 g/mol. The molecule has 1 fully saturated rings. The predicted molar refractivity (Wildman–Crippen MR) is 136 cm³/mol. The Balaban J connectivity index is 1.79. The molecule has 33 heavy (non-hydrogen) atoms. The van der Waals surface area contributed by atoms with E-state index < -0.39 is 6.17 Å². The van der Waals surface area contributed by atoms with Crippen molar-refractivity contribution in [1.29, 1.82) is 0 Å². The van der Waals surface area contributed by atoms with Crippen molar-refractivity contribution < 1.29 is 9.53 Å². The summed E-state index contributed by atoms with van der Waals surface area (Å²) in [5.41, 5.74) is 8.28. The van der Waals surface area contributed by atoms with Gasteiger partial charge in [-0.1, -0.05) is 44.2 Å². The van der Waals surface area contributed by atoms with Gasteiger partial charge in [0.1, 0.15) is 5.82 Å². The first-order chi connectivity index (χ1) is 15.9. The van der Waals surface area contributed by atoms with Crippen LogP contribution < -0.4 is 21.7 Å². The Bertz CT molecular complexity index is 909. The lowest BCUT2D eigenvalue weighted by atomic mass is 10.0. The lowest BCUT2D eigenvalue weighted by Crippen LogP contribution is -2.48. The van der Waals surface area contributed by atoms with E-state index in [1.54, 1.807) is 14.0 Å². The first kappa shape index (κ1) is 25.4. The molecule has 1 heterocycles. The summed E-state index contributed by atoms with van der Waals surface area (Å²) in [4.78, 5) is 17.7. The van der Waals surface area contributed by atoms with E-state index >= 15 is 0 Å². The Labute approximate surface area is 198 Å². The third-order valence-electron chi connectivity index (χ3n) is 6.54. The van der Waals surface area contributed by atoms with E-state index in [2.05, 4.69) is 22.9 Å². The fourth-order valence-electron chi connectivity index (χ4n) is 4.71. The summed E-state index contributed by atoms with van der Waals surface area (Å²) in [6, 6.07) is 8.72. The van der Waals surface area contributed by atoms with Crippen LogP contribution in [0.15, 0.2) is 24.3 Å². The minimum atomic E-state index is -0.446. The molecule has 1 aliphatic carbocycles. The highest BCUT2D eigenvalue weighted by Crippen LogP contribution is 2.23. The van der Waals surface area contributed by atoms with Crippen molar-refractivity contribution in [2.45, 2.75) is 90.1 Å². The van der Waals surface area contributed by atoms with Crippen LogP contribution in [0.1, 0.15) is 74.7 Å². The summed E-state index contributed by atoms with van der Waals surface area (Å²) in [5.74, 6) is 0.317. The Kier molecular flexibility index (Phi) is 9.47. The van der Waals surface area contributed by atoms with Crippen molar-refractivity contribution in [3.63, 3.8) is 0 Å². The van der Waals surface area contributed by atoms with Gasteiger partial charge in [-0.15, -0.1) is 0 Å². The number of anilines is 1. The Hall–Kier alpha value is -2.22. The Morgan fingerprint density at radius 1 is 1.21 bits per heavy atom. The maximum Gasteiger partial charge on any atom is 0.256 e. The number of aryl methyl sites for hydroxylation is 1. The molecule has 0 saturated heterocycles. The highest BCUT2D eigenvalue weighted by atomic mass is 16.5. The number of fused-ring (bicyclic) bond motifs is 1. The molecule has 1 aliphatic rings.